The van der Waals surface area contributed by atoms with Gasteiger partial charge in [0.25, 0.3) is 0 Å². The Kier molecular flexibility index (Phi) is 7.29. The van der Waals surface area contributed by atoms with Crippen LogP contribution in [0.25, 0.3) is 10.4 Å². The van der Waals surface area contributed by atoms with Gasteiger partial charge in [-0.05, 0) is 81.2 Å². The molecular weight excluding hydrogens is 398 g/mol. The van der Waals surface area contributed by atoms with Crippen LogP contribution >= 0.6 is 23.6 Å². The second-order valence-corrected chi connectivity index (χ2v) is 8.81. The van der Waals surface area contributed by atoms with Crippen molar-refractivity contribution in [2.24, 2.45) is 0 Å². The molecule has 3 rings (SSSR count). The third-order valence-electron chi connectivity index (χ3n) is 4.73. The molecule has 0 radical (unpaired) electrons. The quantitative estimate of drug-likeness (QED) is 0.282. The van der Waals surface area contributed by atoms with Crippen LogP contribution < -0.4 is 9.57 Å². The molecule has 29 heavy (non-hydrogen) atoms. The van der Waals surface area contributed by atoms with E-state index in [1.54, 1.807) is 18.4 Å². The molecule has 0 aliphatic carbocycles. The fraction of sp³-hybridized carbons (Fsp3) is 0.292. The molecule has 0 spiro atoms. The smallest absolute Gasteiger partial charge is 0.197 e. The number of aromatic nitrogens is 1. The Morgan fingerprint density at radius 3 is 2.41 bits per heavy atom. The lowest BCUT2D eigenvalue weighted by atomic mass is 10.0. The van der Waals surface area contributed by atoms with Crippen LogP contribution in [0.1, 0.15) is 44.1 Å². The summed E-state index contributed by atoms with van der Waals surface area (Å²) in [7, 11) is 1.67. The predicted molar refractivity (Wildman–Crippen MR) is 124 cm³/mol. The minimum absolute atomic E-state index is 0.0597. The number of benzene rings is 2. The maximum absolute atomic E-state index is 6.46. The van der Waals surface area contributed by atoms with Crippen molar-refractivity contribution in [3.8, 4) is 16.2 Å². The van der Waals surface area contributed by atoms with E-state index in [2.05, 4.69) is 63.2 Å². The molecule has 0 saturated heterocycles. The maximum atomic E-state index is 6.46. The van der Waals surface area contributed by atoms with Gasteiger partial charge in [0.15, 0.2) is 10.1 Å². The van der Waals surface area contributed by atoms with Crippen molar-refractivity contribution in [1.29, 1.82) is 0 Å². The van der Waals surface area contributed by atoms with E-state index in [0.717, 1.165) is 44.2 Å². The Hall–Kier alpha value is -2.37. The molecule has 152 valence electrons. The number of thiazole rings is 1. The van der Waals surface area contributed by atoms with Gasteiger partial charge < -0.3 is 9.57 Å². The second kappa shape index (κ2) is 9.90. The molecule has 0 amide bonds. The molecule has 0 aliphatic heterocycles. The molecule has 0 fully saturated rings. The standard InChI is InChI=1S/C24H27NO2S2/c1-17(2)9-8-12-22(19-10-6-5-7-11-19)27-25-18(3)23(29-24(25)28)20-13-15-21(26-4)16-14-20/h5-7,9-11,13-16,22H,8,12H2,1-4H3. The highest BCUT2D eigenvalue weighted by atomic mass is 32.1. The topological polar surface area (TPSA) is 23.4 Å². The number of nitrogens with zero attached hydrogens (tertiary/aromatic N) is 1. The van der Waals surface area contributed by atoms with Crippen molar-refractivity contribution < 1.29 is 9.57 Å². The zero-order chi connectivity index (χ0) is 20.8. The Bertz CT molecular complexity index is 1010. The van der Waals surface area contributed by atoms with Gasteiger partial charge in [-0.3, -0.25) is 0 Å². The Morgan fingerprint density at radius 2 is 1.79 bits per heavy atom. The van der Waals surface area contributed by atoms with Crippen LogP contribution in [0.5, 0.6) is 5.75 Å². The molecule has 1 atom stereocenters. The summed E-state index contributed by atoms with van der Waals surface area (Å²) >= 11 is 7.22. The fourth-order valence-electron chi connectivity index (χ4n) is 3.16. The van der Waals surface area contributed by atoms with Crippen LogP contribution in [0.15, 0.2) is 66.2 Å². The average Bonchev–Trinajstić information content (AvgIpc) is 3.01. The highest BCUT2D eigenvalue weighted by molar-refractivity contribution is 7.73. The van der Waals surface area contributed by atoms with E-state index in [0.29, 0.717) is 0 Å². The van der Waals surface area contributed by atoms with Crippen LogP contribution in [0.4, 0.5) is 0 Å². The molecule has 2 aromatic carbocycles. The molecule has 0 bridgehead atoms. The van der Waals surface area contributed by atoms with Gasteiger partial charge in [0.05, 0.1) is 17.7 Å². The van der Waals surface area contributed by atoms with E-state index < -0.39 is 0 Å². The number of hydrogen-bond donors (Lipinski definition) is 0. The van der Waals surface area contributed by atoms with E-state index in [9.17, 15) is 0 Å². The van der Waals surface area contributed by atoms with Crippen LogP contribution in [-0.4, -0.2) is 11.8 Å². The molecule has 1 unspecified atom stereocenters. The van der Waals surface area contributed by atoms with Crippen LogP contribution in [0, 0.1) is 10.9 Å². The Labute approximate surface area is 182 Å². The summed E-state index contributed by atoms with van der Waals surface area (Å²) < 4.78 is 7.81. The summed E-state index contributed by atoms with van der Waals surface area (Å²) in [6.07, 6.45) is 4.05. The summed E-state index contributed by atoms with van der Waals surface area (Å²) in [5.41, 5.74) is 4.62. The second-order valence-electron chi connectivity index (χ2n) is 7.17. The lowest BCUT2D eigenvalue weighted by molar-refractivity contribution is 0.0272. The number of rotatable bonds is 8. The first kappa shape index (κ1) is 21.3. The van der Waals surface area contributed by atoms with Gasteiger partial charge >= 0.3 is 0 Å². The minimum atomic E-state index is -0.0597. The number of ether oxygens (including phenoxy) is 1. The summed E-state index contributed by atoms with van der Waals surface area (Å²) in [4.78, 5) is 7.58. The van der Waals surface area contributed by atoms with Crippen LogP contribution in [0.3, 0.4) is 0 Å². The van der Waals surface area contributed by atoms with Gasteiger partial charge in [0.2, 0.25) is 0 Å². The zero-order valence-corrected chi connectivity index (χ0v) is 19.0. The zero-order valence-electron chi connectivity index (χ0n) is 17.3. The number of hydrogen-bond acceptors (Lipinski definition) is 4. The van der Waals surface area contributed by atoms with Gasteiger partial charge in [0, 0.05) is 0 Å². The van der Waals surface area contributed by atoms with E-state index in [4.69, 9.17) is 21.8 Å². The third kappa shape index (κ3) is 5.37. The molecular formula is C24H27NO2S2. The first-order valence-electron chi connectivity index (χ1n) is 9.72. The fourth-order valence-corrected chi connectivity index (χ4v) is 4.51. The molecule has 0 N–H and O–H groups in total. The van der Waals surface area contributed by atoms with Gasteiger partial charge in [-0.15, -0.1) is 11.3 Å². The van der Waals surface area contributed by atoms with Crippen molar-refractivity contribution in [1.82, 2.24) is 4.73 Å². The normalized spacial score (nSPS) is 11.7. The molecule has 0 aliphatic rings. The van der Waals surface area contributed by atoms with Gasteiger partial charge in [-0.2, -0.15) is 4.73 Å². The van der Waals surface area contributed by atoms with Crippen molar-refractivity contribution in [3.05, 3.63) is 81.5 Å². The molecule has 3 aromatic rings. The first-order chi connectivity index (χ1) is 14.0. The number of methoxy groups -OCH3 is 1. The maximum Gasteiger partial charge on any atom is 0.197 e. The van der Waals surface area contributed by atoms with Crippen LogP contribution in [0.2, 0.25) is 0 Å². The predicted octanol–water partition coefficient (Wildman–Crippen LogP) is 7.18. The highest BCUT2D eigenvalue weighted by Gasteiger charge is 2.18. The van der Waals surface area contributed by atoms with E-state index >= 15 is 0 Å². The van der Waals surface area contributed by atoms with E-state index in [-0.39, 0.29) is 6.10 Å². The molecule has 1 aromatic heterocycles. The average molecular weight is 426 g/mol. The van der Waals surface area contributed by atoms with Crippen LogP contribution in [-0.2, 0) is 0 Å². The Morgan fingerprint density at radius 1 is 1.10 bits per heavy atom. The summed E-state index contributed by atoms with van der Waals surface area (Å²) in [5, 5.41) is 0. The lowest BCUT2D eigenvalue weighted by Gasteiger charge is -2.20. The molecule has 5 heteroatoms. The Balaban J connectivity index is 1.90. The van der Waals surface area contributed by atoms with Gasteiger partial charge in [-0.25, -0.2) is 0 Å². The molecule has 1 heterocycles. The molecule has 3 nitrogen and oxygen atoms in total. The first-order valence-corrected chi connectivity index (χ1v) is 10.9. The van der Waals surface area contributed by atoms with E-state index in [1.165, 1.54) is 5.57 Å². The van der Waals surface area contributed by atoms with Crippen molar-refractivity contribution in [2.45, 2.75) is 39.7 Å². The van der Waals surface area contributed by atoms with E-state index in [1.807, 2.05) is 22.9 Å². The number of allylic oxidation sites excluding steroid dienone is 2. The summed E-state index contributed by atoms with van der Waals surface area (Å²) in [5.74, 6) is 0.842. The summed E-state index contributed by atoms with van der Waals surface area (Å²) in [6.45, 7) is 6.31. The van der Waals surface area contributed by atoms with Gasteiger partial charge in [-0.1, -0.05) is 42.0 Å². The van der Waals surface area contributed by atoms with Crippen molar-refractivity contribution >= 4 is 23.6 Å². The SMILES string of the molecule is COc1ccc(-c2sc(=S)n(OC(CCC=C(C)C)c3ccccc3)c2C)cc1. The highest BCUT2D eigenvalue weighted by Crippen LogP contribution is 2.32. The lowest BCUT2D eigenvalue weighted by Crippen LogP contribution is -2.19. The van der Waals surface area contributed by atoms with Crippen molar-refractivity contribution in [3.63, 3.8) is 0 Å². The largest absolute Gasteiger partial charge is 0.497 e. The minimum Gasteiger partial charge on any atom is -0.497 e. The molecule has 0 saturated carbocycles. The van der Waals surface area contributed by atoms with Gasteiger partial charge in [0.1, 0.15) is 5.75 Å². The van der Waals surface area contributed by atoms with Crippen molar-refractivity contribution in [2.75, 3.05) is 7.11 Å². The monoisotopic (exact) mass is 425 g/mol. The summed E-state index contributed by atoms with van der Waals surface area (Å²) in [6, 6.07) is 18.4. The third-order valence-corrected chi connectivity index (χ3v) is 6.22.